The number of hydrogen-bond donors (Lipinski definition) is 3. The van der Waals surface area contributed by atoms with E-state index in [1.54, 1.807) is 0 Å². The second kappa shape index (κ2) is 6.64. The SMILES string of the molecule is Cc1cccc(CCNC(=O)N[C@@H](C)C(=O)O)c1. The number of aryl methyl sites for hydroxylation is 1. The molecule has 0 unspecified atom stereocenters. The van der Waals surface area contributed by atoms with Gasteiger partial charge in [-0.3, -0.25) is 4.79 Å². The Morgan fingerprint density at radius 2 is 2.11 bits per heavy atom. The van der Waals surface area contributed by atoms with Crippen molar-refractivity contribution in [1.82, 2.24) is 10.6 Å². The lowest BCUT2D eigenvalue weighted by molar-refractivity contribution is -0.138. The largest absolute Gasteiger partial charge is 0.480 e. The Labute approximate surface area is 106 Å². The summed E-state index contributed by atoms with van der Waals surface area (Å²) < 4.78 is 0. The summed E-state index contributed by atoms with van der Waals surface area (Å²) in [6.07, 6.45) is 0.719. The number of carboxylic acids is 1. The van der Waals surface area contributed by atoms with Crippen LogP contribution < -0.4 is 10.6 Å². The van der Waals surface area contributed by atoms with Crippen LogP contribution in [0.4, 0.5) is 4.79 Å². The second-order valence-corrected chi connectivity index (χ2v) is 4.20. The Kier molecular flexibility index (Phi) is 5.17. The van der Waals surface area contributed by atoms with Gasteiger partial charge in [-0.05, 0) is 25.8 Å². The van der Waals surface area contributed by atoms with E-state index < -0.39 is 18.0 Å². The number of carboxylic acid groups (broad SMARTS) is 1. The molecule has 0 fully saturated rings. The lowest BCUT2D eigenvalue weighted by Crippen LogP contribution is -2.44. The molecule has 0 heterocycles. The number of hydrogen-bond acceptors (Lipinski definition) is 2. The molecule has 0 aromatic heterocycles. The molecule has 1 atom stereocenters. The van der Waals surface area contributed by atoms with Gasteiger partial charge in [-0.15, -0.1) is 0 Å². The van der Waals surface area contributed by atoms with E-state index in [0.717, 1.165) is 12.0 Å². The fourth-order valence-electron chi connectivity index (χ4n) is 1.50. The van der Waals surface area contributed by atoms with Gasteiger partial charge in [0, 0.05) is 6.54 Å². The van der Waals surface area contributed by atoms with Crippen LogP contribution in [0.3, 0.4) is 0 Å². The molecule has 0 saturated heterocycles. The van der Waals surface area contributed by atoms with Crippen LogP contribution in [0.25, 0.3) is 0 Å². The highest BCUT2D eigenvalue weighted by molar-refractivity contribution is 5.82. The van der Waals surface area contributed by atoms with Gasteiger partial charge in [-0.2, -0.15) is 0 Å². The third kappa shape index (κ3) is 4.86. The summed E-state index contributed by atoms with van der Waals surface area (Å²) in [5, 5.41) is 13.6. The molecule has 98 valence electrons. The van der Waals surface area contributed by atoms with E-state index in [-0.39, 0.29) is 0 Å². The van der Waals surface area contributed by atoms with E-state index >= 15 is 0 Å². The van der Waals surface area contributed by atoms with E-state index in [0.29, 0.717) is 6.54 Å². The first-order valence-corrected chi connectivity index (χ1v) is 5.82. The fraction of sp³-hybridized carbons (Fsp3) is 0.385. The molecule has 18 heavy (non-hydrogen) atoms. The minimum atomic E-state index is -1.05. The minimum Gasteiger partial charge on any atom is -0.480 e. The molecule has 0 bridgehead atoms. The lowest BCUT2D eigenvalue weighted by Gasteiger charge is -2.10. The summed E-state index contributed by atoms with van der Waals surface area (Å²) in [5.74, 6) is -1.05. The van der Waals surface area contributed by atoms with Gasteiger partial charge in [0.25, 0.3) is 0 Å². The standard InChI is InChI=1S/C13H18N2O3/c1-9-4-3-5-11(8-9)6-7-14-13(18)15-10(2)12(16)17/h3-5,8,10H,6-7H2,1-2H3,(H,16,17)(H2,14,15,18)/t10-/m0/s1. The van der Waals surface area contributed by atoms with Crippen LogP contribution >= 0.6 is 0 Å². The Balaban J connectivity index is 2.29. The lowest BCUT2D eigenvalue weighted by atomic mass is 10.1. The smallest absolute Gasteiger partial charge is 0.325 e. The summed E-state index contributed by atoms with van der Waals surface area (Å²) in [5.41, 5.74) is 2.32. The van der Waals surface area contributed by atoms with Crippen LogP contribution in [-0.4, -0.2) is 29.7 Å². The Hall–Kier alpha value is -2.04. The molecule has 1 aromatic carbocycles. The van der Waals surface area contributed by atoms with Crippen molar-refractivity contribution in [1.29, 1.82) is 0 Å². The molecule has 5 heteroatoms. The van der Waals surface area contributed by atoms with Crippen molar-refractivity contribution in [3.8, 4) is 0 Å². The van der Waals surface area contributed by atoms with Crippen molar-refractivity contribution in [2.45, 2.75) is 26.3 Å². The Morgan fingerprint density at radius 1 is 1.39 bits per heavy atom. The number of carbonyl (C=O) groups excluding carboxylic acids is 1. The molecule has 3 N–H and O–H groups in total. The number of benzene rings is 1. The van der Waals surface area contributed by atoms with Crippen molar-refractivity contribution in [2.75, 3.05) is 6.54 Å². The highest BCUT2D eigenvalue weighted by atomic mass is 16.4. The normalized spacial score (nSPS) is 11.7. The van der Waals surface area contributed by atoms with Gasteiger partial charge in [0.1, 0.15) is 6.04 Å². The zero-order valence-electron chi connectivity index (χ0n) is 10.6. The van der Waals surface area contributed by atoms with Crippen molar-refractivity contribution in [2.24, 2.45) is 0 Å². The van der Waals surface area contributed by atoms with Gasteiger partial charge in [-0.1, -0.05) is 29.8 Å². The van der Waals surface area contributed by atoms with Gasteiger partial charge in [0.05, 0.1) is 0 Å². The van der Waals surface area contributed by atoms with Crippen molar-refractivity contribution in [3.05, 3.63) is 35.4 Å². The van der Waals surface area contributed by atoms with Crippen LogP contribution in [0, 0.1) is 6.92 Å². The van der Waals surface area contributed by atoms with Crippen molar-refractivity contribution < 1.29 is 14.7 Å². The molecule has 5 nitrogen and oxygen atoms in total. The molecule has 0 saturated carbocycles. The summed E-state index contributed by atoms with van der Waals surface area (Å²) in [6, 6.07) is 6.68. The van der Waals surface area contributed by atoms with E-state index in [2.05, 4.69) is 16.7 Å². The Morgan fingerprint density at radius 3 is 2.72 bits per heavy atom. The molecule has 1 rings (SSSR count). The molecular formula is C13H18N2O3. The summed E-state index contributed by atoms with van der Waals surface area (Å²) in [4.78, 5) is 21.9. The molecule has 1 aromatic rings. The molecule has 0 aliphatic carbocycles. The van der Waals surface area contributed by atoms with Crippen LogP contribution in [0.5, 0.6) is 0 Å². The Bertz CT molecular complexity index is 432. The highest BCUT2D eigenvalue weighted by Gasteiger charge is 2.12. The zero-order valence-corrected chi connectivity index (χ0v) is 10.6. The first-order valence-electron chi connectivity index (χ1n) is 5.82. The second-order valence-electron chi connectivity index (χ2n) is 4.20. The summed E-state index contributed by atoms with van der Waals surface area (Å²) in [6.45, 7) is 3.91. The number of aliphatic carboxylic acids is 1. The van der Waals surface area contributed by atoms with Crippen molar-refractivity contribution in [3.63, 3.8) is 0 Å². The van der Waals surface area contributed by atoms with Gasteiger partial charge in [-0.25, -0.2) is 4.79 Å². The quantitative estimate of drug-likeness (QED) is 0.737. The van der Waals surface area contributed by atoms with E-state index in [9.17, 15) is 9.59 Å². The molecule has 0 radical (unpaired) electrons. The number of carbonyl (C=O) groups is 2. The summed E-state index contributed by atoms with van der Waals surface area (Å²) in [7, 11) is 0. The molecule has 0 aliphatic heterocycles. The minimum absolute atomic E-state index is 0.461. The first-order chi connectivity index (χ1) is 8.49. The molecule has 0 aliphatic rings. The van der Waals surface area contributed by atoms with Crippen LogP contribution in [-0.2, 0) is 11.2 Å². The summed E-state index contributed by atoms with van der Waals surface area (Å²) >= 11 is 0. The van der Waals surface area contributed by atoms with Gasteiger partial charge in [0.2, 0.25) is 0 Å². The number of rotatable bonds is 5. The van der Waals surface area contributed by atoms with Gasteiger partial charge >= 0.3 is 12.0 Å². The van der Waals surface area contributed by atoms with Crippen LogP contribution in [0.2, 0.25) is 0 Å². The number of urea groups is 1. The van der Waals surface area contributed by atoms with Gasteiger partial charge < -0.3 is 15.7 Å². The molecule has 2 amide bonds. The van der Waals surface area contributed by atoms with E-state index in [4.69, 9.17) is 5.11 Å². The highest BCUT2D eigenvalue weighted by Crippen LogP contribution is 2.03. The van der Waals surface area contributed by atoms with Crippen LogP contribution in [0.1, 0.15) is 18.1 Å². The number of amides is 2. The van der Waals surface area contributed by atoms with E-state index in [1.807, 2.05) is 25.1 Å². The average molecular weight is 250 g/mol. The van der Waals surface area contributed by atoms with Gasteiger partial charge in [0.15, 0.2) is 0 Å². The fourth-order valence-corrected chi connectivity index (χ4v) is 1.50. The van der Waals surface area contributed by atoms with Crippen molar-refractivity contribution >= 4 is 12.0 Å². The maximum absolute atomic E-state index is 11.3. The molecular weight excluding hydrogens is 232 g/mol. The average Bonchev–Trinajstić information content (AvgIpc) is 2.28. The maximum Gasteiger partial charge on any atom is 0.325 e. The predicted octanol–water partition coefficient (Wildman–Crippen LogP) is 1.31. The zero-order chi connectivity index (χ0) is 13.5. The monoisotopic (exact) mass is 250 g/mol. The first kappa shape index (κ1) is 14.0. The predicted molar refractivity (Wildman–Crippen MR) is 68.5 cm³/mol. The maximum atomic E-state index is 11.3. The third-order valence-corrected chi connectivity index (χ3v) is 2.50. The van der Waals surface area contributed by atoms with Crippen LogP contribution in [0.15, 0.2) is 24.3 Å². The molecule has 0 spiro atoms. The van der Waals surface area contributed by atoms with E-state index in [1.165, 1.54) is 12.5 Å². The topological polar surface area (TPSA) is 78.4 Å². The number of nitrogens with one attached hydrogen (secondary N) is 2. The third-order valence-electron chi connectivity index (χ3n) is 2.50.